The summed E-state index contributed by atoms with van der Waals surface area (Å²) >= 11 is 0. The lowest BCUT2D eigenvalue weighted by molar-refractivity contribution is 0.0317. The minimum absolute atomic E-state index is 0.0194. The topological polar surface area (TPSA) is 66.4 Å². The maximum absolute atomic E-state index is 13.2. The molecule has 0 aromatic heterocycles. The smallest absolute Gasteiger partial charge is 0.215 e. The summed E-state index contributed by atoms with van der Waals surface area (Å²) in [4.78, 5) is 0. The van der Waals surface area contributed by atoms with Crippen molar-refractivity contribution < 1.29 is 22.3 Å². The van der Waals surface area contributed by atoms with Crippen LogP contribution in [-0.4, -0.2) is 25.7 Å². The van der Waals surface area contributed by atoms with E-state index in [0.29, 0.717) is 25.3 Å². The van der Waals surface area contributed by atoms with Crippen LogP contribution >= 0.6 is 0 Å². The van der Waals surface area contributed by atoms with Gasteiger partial charge >= 0.3 is 0 Å². The number of sulfonamides is 1. The minimum Gasteiger partial charge on any atom is -0.388 e. The Morgan fingerprint density at radius 3 is 2.40 bits per heavy atom. The number of aliphatic hydroxyl groups is 1. The van der Waals surface area contributed by atoms with Crippen molar-refractivity contribution in [1.29, 1.82) is 0 Å². The predicted molar refractivity (Wildman–Crippen MR) is 90.4 cm³/mol. The molecule has 0 bridgehead atoms. The second kappa shape index (κ2) is 6.82. The molecule has 1 unspecified atom stereocenters. The molecule has 0 fully saturated rings. The predicted octanol–water partition coefficient (Wildman–Crippen LogP) is 2.30. The molecule has 25 heavy (non-hydrogen) atoms. The van der Waals surface area contributed by atoms with Gasteiger partial charge in [-0.15, -0.1) is 0 Å². The zero-order valence-corrected chi connectivity index (χ0v) is 14.3. The van der Waals surface area contributed by atoms with Gasteiger partial charge in [-0.25, -0.2) is 21.9 Å². The Labute approximate surface area is 145 Å². The molecule has 0 aliphatic heterocycles. The van der Waals surface area contributed by atoms with E-state index >= 15 is 0 Å². The molecule has 0 spiro atoms. The lowest BCUT2D eigenvalue weighted by Crippen LogP contribution is -2.46. The molecule has 1 aliphatic rings. The van der Waals surface area contributed by atoms with Crippen LogP contribution in [0.4, 0.5) is 8.78 Å². The van der Waals surface area contributed by atoms with Gasteiger partial charge in [0.25, 0.3) is 0 Å². The van der Waals surface area contributed by atoms with Crippen molar-refractivity contribution in [3.05, 3.63) is 70.8 Å². The fraction of sp³-hybridized carbons (Fsp3) is 0.333. The molecule has 1 aliphatic carbocycles. The van der Waals surface area contributed by atoms with Crippen LogP contribution in [-0.2, 0) is 28.6 Å². The van der Waals surface area contributed by atoms with E-state index in [1.165, 1.54) is 0 Å². The third-order valence-electron chi connectivity index (χ3n) is 4.40. The summed E-state index contributed by atoms with van der Waals surface area (Å²) < 4.78 is 53.1. The van der Waals surface area contributed by atoms with Gasteiger partial charge < -0.3 is 5.11 Å². The zero-order chi connectivity index (χ0) is 18.1. The molecule has 0 radical (unpaired) electrons. The van der Waals surface area contributed by atoms with Crippen LogP contribution in [0.1, 0.15) is 23.1 Å². The highest BCUT2D eigenvalue weighted by Crippen LogP contribution is 2.28. The normalized spacial score (nSPS) is 20.3. The first-order chi connectivity index (χ1) is 11.7. The third-order valence-corrected chi connectivity index (χ3v) is 5.70. The summed E-state index contributed by atoms with van der Waals surface area (Å²) in [5.74, 6) is -2.20. The molecule has 0 heterocycles. The molecule has 0 saturated heterocycles. The quantitative estimate of drug-likeness (QED) is 0.852. The molecular formula is C18H19F2NO3S. The van der Waals surface area contributed by atoms with Crippen LogP contribution in [0.25, 0.3) is 0 Å². The summed E-state index contributed by atoms with van der Waals surface area (Å²) in [5, 5.41) is 10.7. The molecule has 4 nitrogen and oxygen atoms in total. The second-order valence-electron chi connectivity index (χ2n) is 6.53. The number of nitrogens with one attached hydrogen (secondary N) is 1. The monoisotopic (exact) mass is 367 g/mol. The van der Waals surface area contributed by atoms with E-state index in [0.717, 1.165) is 23.3 Å². The van der Waals surface area contributed by atoms with Crippen LogP contribution in [0.2, 0.25) is 0 Å². The molecule has 0 saturated carbocycles. The van der Waals surface area contributed by atoms with Crippen molar-refractivity contribution in [3.8, 4) is 0 Å². The molecule has 134 valence electrons. The Kier molecular flexibility index (Phi) is 4.90. The van der Waals surface area contributed by atoms with E-state index < -0.39 is 33.0 Å². The van der Waals surface area contributed by atoms with E-state index in [-0.39, 0.29) is 12.1 Å². The fourth-order valence-corrected chi connectivity index (χ4v) is 4.34. The van der Waals surface area contributed by atoms with Gasteiger partial charge in [0.15, 0.2) is 0 Å². The molecule has 2 aromatic rings. The standard InChI is InChI=1S/C18H19F2NO3S/c19-16-7-13(8-17(20)9-16)11-25(23,24)21-12-18(22)6-5-14-3-1-2-4-15(14)10-18/h1-4,7-9,21-22H,5-6,10-12H2. The van der Waals surface area contributed by atoms with Gasteiger partial charge in [0.2, 0.25) is 10.0 Å². The van der Waals surface area contributed by atoms with Crippen molar-refractivity contribution in [2.45, 2.75) is 30.6 Å². The molecule has 2 aromatic carbocycles. The number of aryl methyl sites for hydroxylation is 1. The fourth-order valence-electron chi connectivity index (χ4n) is 3.14. The summed E-state index contributed by atoms with van der Waals surface area (Å²) in [5.41, 5.74) is 1.01. The Hall–Kier alpha value is -1.83. The Morgan fingerprint density at radius 1 is 1.08 bits per heavy atom. The molecule has 3 rings (SSSR count). The SMILES string of the molecule is O=S(=O)(Cc1cc(F)cc(F)c1)NCC1(O)CCc2ccccc2C1. The number of rotatable bonds is 5. The van der Waals surface area contributed by atoms with Gasteiger partial charge in [0, 0.05) is 19.0 Å². The van der Waals surface area contributed by atoms with Crippen LogP contribution in [0.15, 0.2) is 42.5 Å². The van der Waals surface area contributed by atoms with Crippen molar-refractivity contribution in [3.63, 3.8) is 0 Å². The number of halogens is 2. The molecule has 7 heteroatoms. The molecule has 2 N–H and O–H groups in total. The number of hydrogen-bond acceptors (Lipinski definition) is 3. The first kappa shape index (κ1) is 18.0. The first-order valence-electron chi connectivity index (χ1n) is 7.96. The first-order valence-corrected chi connectivity index (χ1v) is 9.61. The van der Waals surface area contributed by atoms with Gasteiger partial charge in [-0.3, -0.25) is 0 Å². The highest BCUT2D eigenvalue weighted by atomic mass is 32.2. The third kappa shape index (κ3) is 4.62. The number of fused-ring (bicyclic) bond motifs is 1. The summed E-state index contributed by atoms with van der Waals surface area (Å²) in [7, 11) is -3.83. The van der Waals surface area contributed by atoms with E-state index in [1.807, 2.05) is 24.3 Å². The minimum atomic E-state index is -3.83. The van der Waals surface area contributed by atoms with E-state index in [2.05, 4.69) is 4.72 Å². The lowest BCUT2D eigenvalue weighted by Gasteiger charge is -2.33. The van der Waals surface area contributed by atoms with Gasteiger partial charge in [-0.1, -0.05) is 24.3 Å². The van der Waals surface area contributed by atoms with E-state index in [1.54, 1.807) is 0 Å². The Bertz CT molecular complexity index is 865. The van der Waals surface area contributed by atoms with Crippen LogP contribution < -0.4 is 4.72 Å². The van der Waals surface area contributed by atoms with Crippen molar-refractivity contribution in [1.82, 2.24) is 4.72 Å². The Morgan fingerprint density at radius 2 is 1.72 bits per heavy atom. The van der Waals surface area contributed by atoms with Gasteiger partial charge in [-0.2, -0.15) is 0 Å². The average Bonchev–Trinajstić information content (AvgIpc) is 2.52. The van der Waals surface area contributed by atoms with E-state index in [4.69, 9.17) is 0 Å². The summed E-state index contributed by atoms with van der Waals surface area (Å²) in [6.45, 7) is -0.137. The zero-order valence-electron chi connectivity index (χ0n) is 13.5. The van der Waals surface area contributed by atoms with Crippen LogP contribution in [0.5, 0.6) is 0 Å². The summed E-state index contributed by atoms with van der Waals surface area (Å²) in [6, 6.07) is 10.4. The van der Waals surface area contributed by atoms with Gasteiger partial charge in [-0.05, 0) is 41.7 Å². The molecule has 1 atom stereocenters. The highest BCUT2D eigenvalue weighted by molar-refractivity contribution is 7.88. The summed E-state index contributed by atoms with van der Waals surface area (Å²) in [6.07, 6.45) is 1.48. The molecular weight excluding hydrogens is 348 g/mol. The van der Waals surface area contributed by atoms with Crippen molar-refractivity contribution >= 4 is 10.0 Å². The van der Waals surface area contributed by atoms with Crippen LogP contribution in [0.3, 0.4) is 0 Å². The Balaban J connectivity index is 1.66. The van der Waals surface area contributed by atoms with E-state index in [9.17, 15) is 22.3 Å². The van der Waals surface area contributed by atoms with Crippen molar-refractivity contribution in [2.24, 2.45) is 0 Å². The molecule has 0 amide bonds. The maximum atomic E-state index is 13.2. The highest BCUT2D eigenvalue weighted by Gasteiger charge is 2.33. The average molecular weight is 367 g/mol. The van der Waals surface area contributed by atoms with Crippen LogP contribution in [0, 0.1) is 11.6 Å². The largest absolute Gasteiger partial charge is 0.388 e. The van der Waals surface area contributed by atoms with Gasteiger partial charge in [0.05, 0.1) is 11.4 Å². The number of benzene rings is 2. The second-order valence-corrected chi connectivity index (χ2v) is 8.33. The van der Waals surface area contributed by atoms with Gasteiger partial charge in [0.1, 0.15) is 11.6 Å². The maximum Gasteiger partial charge on any atom is 0.215 e. The lowest BCUT2D eigenvalue weighted by atomic mass is 9.80. The number of hydrogen-bond donors (Lipinski definition) is 2. The van der Waals surface area contributed by atoms with Crippen molar-refractivity contribution in [2.75, 3.05) is 6.54 Å².